The standard InChI is InChI=1S/C16H20F3N5O/c1-24-10-12(6-23-24)15-11(3-2-4-25-15)5-20-9-14-21-7-13(8-22-14)16(17,18)19/h6-8,10-11,15,20H,2-5,9H2,1H3/t11-,15+/m0/s1. The Morgan fingerprint density at radius 2 is 2.04 bits per heavy atom. The zero-order valence-corrected chi connectivity index (χ0v) is 13.8. The summed E-state index contributed by atoms with van der Waals surface area (Å²) in [6.07, 6.45) is 2.94. The summed E-state index contributed by atoms with van der Waals surface area (Å²) in [6.45, 7) is 1.70. The molecule has 6 nitrogen and oxygen atoms in total. The van der Waals surface area contributed by atoms with Crippen molar-refractivity contribution in [2.45, 2.75) is 31.7 Å². The topological polar surface area (TPSA) is 64.9 Å². The van der Waals surface area contributed by atoms with Crippen molar-refractivity contribution in [3.05, 3.63) is 41.7 Å². The van der Waals surface area contributed by atoms with Gasteiger partial charge in [-0.3, -0.25) is 4.68 Å². The van der Waals surface area contributed by atoms with Crippen LogP contribution in [0.5, 0.6) is 0 Å². The average molecular weight is 355 g/mol. The summed E-state index contributed by atoms with van der Waals surface area (Å²) in [5.41, 5.74) is 0.202. The van der Waals surface area contributed by atoms with E-state index in [-0.39, 0.29) is 12.0 Å². The molecule has 1 fully saturated rings. The van der Waals surface area contributed by atoms with E-state index in [1.807, 2.05) is 19.4 Å². The second-order valence-corrected chi connectivity index (χ2v) is 6.16. The molecule has 2 aromatic heterocycles. The number of halogens is 3. The Hall–Kier alpha value is -2.00. The van der Waals surface area contributed by atoms with Crippen LogP contribution in [0.3, 0.4) is 0 Å². The number of rotatable bonds is 5. The summed E-state index contributed by atoms with van der Waals surface area (Å²) in [5, 5.41) is 7.41. The van der Waals surface area contributed by atoms with Crippen molar-refractivity contribution >= 4 is 0 Å². The van der Waals surface area contributed by atoms with Crippen molar-refractivity contribution in [3.8, 4) is 0 Å². The first-order valence-electron chi connectivity index (χ1n) is 8.12. The average Bonchev–Trinajstić information content (AvgIpc) is 3.01. The molecule has 9 heteroatoms. The molecule has 0 aromatic carbocycles. The van der Waals surface area contributed by atoms with Gasteiger partial charge in [0, 0.05) is 50.3 Å². The van der Waals surface area contributed by atoms with Crippen LogP contribution in [0.2, 0.25) is 0 Å². The minimum Gasteiger partial charge on any atom is -0.373 e. The number of hydrogen-bond donors (Lipinski definition) is 1. The van der Waals surface area contributed by atoms with E-state index in [1.165, 1.54) is 0 Å². The first-order valence-corrected chi connectivity index (χ1v) is 8.12. The van der Waals surface area contributed by atoms with Crippen LogP contribution in [0.1, 0.15) is 35.9 Å². The summed E-state index contributed by atoms with van der Waals surface area (Å²) in [7, 11) is 1.86. The lowest BCUT2D eigenvalue weighted by molar-refractivity contribution is -0.138. The van der Waals surface area contributed by atoms with Gasteiger partial charge in [0.05, 0.1) is 24.4 Å². The number of nitrogens with one attached hydrogen (secondary N) is 1. The largest absolute Gasteiger partial charge is 0.419 e. The molecule has 2 aromatic rings. The molecule has 0 saturated carbocycles. The summed E-state index contributed by atoms with van der Waals surface area (Å²) in [4.78, 5) is 7.54. The van der Waals surface area contributed by atoms with Crippen LogP contribution in [-0.4, -0.2) is 32.9 Å². The molecule has 3 heterocycles. The first-order chi connectivity index (χ1) is 11.9. The van der Waals surface area contributed by atoms with Crippen molar-refractivity contribution in [1.29, 1.82) is 0 Å². The Labute approximate surface area is 143 Å². The summed E-state index contributed by atoms with van der Waals surface area (Å²) >= 11 is 0. The molecule has 0 amide bonds. The Morgan fingerprint density at radius 1 is 1.28 bits per heavy atom. The molecule has 136 valence electrons. The normalized spacial score (nSPS) is 21.4. The maximum Gasteiger partial charge on any atom is 0.419 e. The van der Waals surface area contributed by atoms with Gasteiger partial charge < -0.3 is 10.1 Å². The van der Waals surface area contributed by atoms with E-state index in [0.717, 1.165) is 37.4 Å². The van der Waals surface area contributed by atoms with Crippen LogP contribution in [-0.2, 0) is 24.5 Å². The highest BCUT2D eigenvalue weighted by Crippen LogP contribution is 2.33. The van der Waals surface area contributed by atoms with Gasteiger partial charge in [0.15, 0.2) is 0 Å². The molecule has 1 saturated heterocycles. The molecule has 1 aliphatic heterocycles. The van der Waals surface area contributed by atoms with Crippen LogP contribution in [0.4, 0.5) is 13.2 Å². The van der Waals surface area contributed by atoms with Gasteiger partial charge >= 0.3 is 6.18 Å². The molecule has 0 radical (unpaired) electrons. The third kappa shape index (κ3) is 4.55. The molecule has 1 N–H and O–H groups in total. The van der Waals surface area contributed by atoms with Crippen LogP contribution in [0.25, 0.3) is 0 Å². The highest BCUT2D eigenvalue weighted by molar-refractivity contribution is 5.11. The third-order valence-corrected chi connectivity index (χ3v) is 4.22. The van der Waals surface area contributed by atoms with E-state index in [4.69, 9.17) is 4.74 Å². The highest BCUT2D eigenvalue weighted by Gasteiger charge is 2.31. The van der Waals surface area contributed by atoms with Crippen molar-refractivity contribution in [3.63, 3.8) is 0 Å². The number of aryl methyl sites for hydroxylation is 1. The zero-order valence-electron chi connectivity index (χ0n) is 13.8. The SMILES string of the molecule is Cn1cc([C@@H]2OCCC[C@H]2CNCc2ncc(C(F)(F)F)cn2)cn1. The van der Waals surface area contributed by atoms with Crippen molar-refractivity contribution < 1.29 is 17.9 Å². The molecule has 3 rings (SSSR count). The van der Waals surface area contributed by atoms with Gasteiger partial charge in [-0.15, -0.1) is 0 Å². The monoisotopic (exact) mass is 355 g/mol. The quantitative estimate of drug-likeness (QED) is 0.893. The van der Waals surface area contributed by atoms with Gasteiger partial charge in [-0.05, 0) is 12.8 Å². The van der Waals surface area contributed by atoms with Gasteiger partial charge in [-0.1, -0.05) is 0 Å². The second-order valence-electron chi connectivity index (χ2n) is 6.16. The van der Waals surface area contributed by atoms with Crippen LogP contribution < -0.4 is 5.32 Å². The first kappa shape index (κ1) is 17.8. The van der Waals surface area contributed by atoms with E-state index in [9.17, 15) is 13.2 Å². The second kappa shape index (κ2) is 7.49. The molecule has 0 unspecified atom stereocenters. The fourth-order valence-corrected chi connectivity index (χ4v) is 2.97. The number of hydrogen-bond acceptors (Lipinski definition) is 5. The fourth-order valence-electron chi connectivity index (χ4n) is 2.97. The van der Waals surface area contributed by atoms with E-state index in [1.54, 1.807) is 4.68 Å². The number of alkyl halides is 3. The Balaban J connectivity index is 1.55. The molecule has 2 atom stereocenters. The lowest BCUT2D eigenvalue weighted by atomic mass is 9.91. The molecule has 0 bridgehead atoms. The number of aromatic nitrogens is 4. The fraction of sp³-hybridized carbons (Fsp3) is 0.562. The van der Waals surface area contributed by atoms with E-state index >= 15 is 0 Å². The predicted octanol–water partition coefficient (Wildman–Crippen LogP) is 2.49. The Bertz CT molecular complexity index is 686. The molecular weight excluding hydrogens is 335 g/mol. The minimum absolute atomic E-state index is 0.0246. The third-order valence-electron chi connectivity index (χ3n) is 4.22. The Kier molecular flexibility index (Phi) is 5.33. The number of nitrogens with zero attached hydrogens (tertiary/aromatic N) is 4. The summed E-state index contributed by atoms with van der Waals surface area (Å²) in [6, 6.07) is 0. The van der Waals surface area contributed by atoms with Crippen molar-refractivity contribution in [2.24, 2.45) is 13.0 Å². The summed E-state index contributed by atoms with van der Waals surface area (Å²) < 4.78 is 45.2. The zero-order chi connectivity index (χ0) is 17.9. The van der Waals surface area contributed by atoms with E-state index < -0.39 is 11.7 Å². The number of ether oxygens (including phenoxy) is 1. The lowest BCUT2D eigenvalue weighted by Crippen LogP contribution is -2.32. The van der Waals surface area contributed by atoms with Crippen molar-refractivity contribution in [1.82, 2.24) is 25.1 Å². The van der Waals surface area contributed by atoms with Crippen molar-refractivity contribution in [2.75, 3.05) is 13.2 Å². The minimum atomic E-state index is -4.41. The molecule has 1 aliphatic rings. The van der Waals surface area contributed by atoms with Gasteiger partial charge in [-0.2, -0.15) is 18.3 Å². The van der Waals surface area contributed by atoms with Gasteiger partial charge in [0.2, 0.25) is 0 Å². The molecule has 25 heavy (non-hydrogen) atoms. The maximum atomic E-state index is 12.5. The summed E-state index contributed by atoms with van der Waals surface area (Å²) in [5.74, 6) is 0.607. The lowest BCUT2D eigenvalue weighted by Gasteiger charge is -2.31. The van der Waals surface area contributed by atoms with Gasteiger partial charge in [0.1, 0.15) is 5.82 Å². The Morgan fingerprint density at radius 3 is 2.68 bits per heavy atom. The van der Waals surface area contributed by atoms with Gasteiger partial charge in [-0.25, -0.2) is 9.97 Å². The van der Waals surface area contributed by atoms with Crippen LogP contribution >= 0.6 is 0 Å². The van der Waals surface area contributed by atoms with E-state index in [0.29, 0.717) is 18.9 Å². The van der Waals surface area contributed by atoms with Gasteiger partial charge in [0.25, 0.3) is 0 Å². The van der Waals surface area contributed by atoms with Crippen LogP contribution in [0.15, 0.2) is 24.8 Å². The highest BCUT2D eigenvalue weighted by atomic mass is 19.4. The van der Waals surface area contributed by atoms with Crippen LogP contribution in [0, 0.1) is 5.92 Å². The maximum absolute atomic E-state index is 12.5. The smallest absolute Gasteiger partial charge is 0.373 e. The van der Waals surface area contributed by atoms with E-state index in [2.05, 4.69) is 20.4 Å². The predicted molar refractivity (Wildman–Crippen MR) is 83.4 cm³/mol. The molecule has 0 spiro atoms. The molecule has 0 aliphatic carbocycles. The molecular formula is C16H20F3N5O.